The molecule has 11 nitrogen and oxygen atoms in total. The third kappa shape index (κ3) is 6.86. The van der Waals surface area contributed by atoms with Gasteiger partial charge in [0, 0.05) is 26.2 Å². The summed E-state index contributed by atoms with van der Waals surface area (Å²) >= 11 is 4.99. The Morgan fingerprint density at radius 3 is 2.70 bits per heavy atom. The lowest BCUT2D eigenvalue weighted by Crippen LogP contribution is -2.52. The van der Waals surface area contributed by atoms with Crippen LogP contribution < -0.4 is 20.3 Å². The molecule has 0 radical (unpaired) electrons. The predicted molar refractivity (Wildman–Crippen MR) is 124 cm³/mol. The first-order valence-electron chi connectivity index (χ1n) is 10.4. The maximum Gasteiger partial charge on any atom is 0.414 e. The molecule has 3 rings (SSSR count). The molecule has 0 bridgehead atoms. The Hall–Kier alpha value is -2.26. The van der Waals surface area contributed by atoms with E-state index in [1.165, 1.54) is 11.0 Å². The van der Waals surface area contributed by atoms with Crippen molar-refractivity contribution >= 4 is 44.9 Å². The minimum atomic E-state index is -3.80. The van der Waals surface area contributed by atoms with E-state index in [0.717, 1.165) is 0 Å². The first-order chi connectivity index (χ1) is 15.6. The molecule has 0 aliphatic carbocycles. The first-order valence-corrected chi connectivity index (χ1v) is 12.6. The summed E-state index contributed by atoms with van der Waals surface area (Å²) in [6, 6.07) is 4.51. The molecule has 2 atom stereocenters. The number of nitrogens with zero attached hydrogens (tertiary/aromatic N) is 3. The van der Waals surface area contributed by atoms with Crippen LogP contribution >= 0.6 is 12.2 Å². The van der Waals surface area contributed by atoms with Gasteiger partial charge in [-0.1, -0.05) is 0 Å². The number of aliphatic hydroxyl groups is 1. The average Bonchev–Trinajstić information content (AvgIpc) is 3.12. The molecule has 4 N–H and O–H groups in total. The third-order valence-electron chi connectivity index (χ3n) is 5.32. The SMILES string of the molecule is CCOC(=S)NCC1CN(c2ccc(N3CCN(C(O)CS(N)(=O)=O)CC3)c(F)c2)C(=O)O1. The molecule has 14 heteroatoms. The van der Waals surface area contributed by atoms with Gasteiger partial charge >= 0.3 is 6.09 Å². The van der Waals surface area contributed by atoms with Crippen LogP contribution in [0, 0.1) is 5.82 Å². The molecule has 1 aromatic rings. The summed E-state index contributed by atoms with van der Waals surface area (Å²) in [5.41, 5.74) is 0.727. The predicted octanol–water partition coefficient (Wildman–Crippen LogP) is -0.209. The number of carbonyl (C=O) groups excluding carboxylic acids is 1. The minimum absolute atomic E-state index is 0.222. The van der Waals surface area contributed by atoms with Gasteiger partial charge in [0.25, 0.3) is 5.17 Å². The number of halogens is 1. The van der Waals surface area contributed by atoms with Gasteiger partial charge < -0.3 is 24.8 Å². The fourth-order valence-electron chi connectivity index (χ4n) is 3.71. The van der Waals surface area contributed by atoms with E-state index in [4.69, 9.17) is 26.8 Å². The summed E-state index contributed by atoms with van der Waals surface area (Å²) in [6.07, 6.45) is -2.25. The standard InChI is InChI=1S/C19H28FN5O6S2/c1-2-30-18(32)22-10-14-11-25(19(27)31-14)13-3-4-16(15(20)9-13)23-5-7-24(8-6-23)17(26)12-33(21,28)29/h3-4,9,14,17,26H,2,5-8,10-12H2,1H3,(H,22,32)(H2,21,28,29). The number of amides is 1. The van der Waals surface area contributed by atoms with Crippen LogP contribution in [0.2, 0.25) is 0 Å². The third-order valence-corrected chi connectivity index (χ3v) is 6.35. The Balaban J connectivity index is 1.57. The molecule has 1 aromatic carbocycles. The average molecular weight is 506 g/mol. The van der Waals surface area contributed by atoms with Crippen LogP contribution in [0.4, 0.5) is 20.6 Å². The smallest absolute Gasteiger partial charge is 0.414 e. The van der Waals surface area contributed by atoms with Crippen LogP contribution in [0.5, 0.6) is 0 Å². The summed E-state index contributed by atoms with van der Waals surface area (Å²) in [7, 11) is -3.80. The second kappa shape index (κ2) is 10.8. The maximum absolute atomic E-state index is 14.9. The van der Waals surface area contributed by atoms with Gasteiger partial charge in [0.15, 0.2) is 0 Å². The maximum atomic E-state index is 14.9. The van der Waals surface area contributed by atoms with Crippen LogP contribution in [0.1, 0.15) is 6.92 Å². The largest absolute Gasteiger partial charge is 0.471 e. The van der Waals surface area contributed by atoms with Crippen LogP contribution in [0.3, 0.4) is 0 Å². The number of thiocarbonyl (C=S) groups is 1. The zero-order valence-electron chi connectivity index (χ0n) is 18.1. The number of benzene rings is 1. The molecule has 0 aromatic heterocycles. The van der Waals surface area contributed by atoms with Gasteiger partial charge in [-0.15, -0.1) is 0 Å². The Morgan fingerprint density at radius 2 is 2.09 bits per heavy atom. The number of hydrogen-bond acceptors (Lipinski definition) is 9. The Bertz CT molecular complexity index is 973. The molecule has 0 spiro atoms. The second-order valence-corrected chi connectivity index (χ2v) is 9.72. The van der Waals surface area contributed by atoms with E-state index in [1.807, 2.05) is 0 Å². The number of ether oxygens (including phenoxy) is 2. The van der Waals surface area contributed by atoms with E-state index < -0.39 is 40.0 Å². The van der Waals surface area contributed by atoms with Crippen molar-refractivity contribution in [2.24, 2.45) is 5.14 Å². The monoisotopic (exact) mass is 505 g/mol. The zero-order chi connectivity index (χ0) is 24.2. The lowest BCUT2D eigenvalue weighted by molar-refractivity contribution is 0.0178. The van der Waals surface area contributed by atoms with Gasteiger partial charge in [0.1, 0.15) is 23.9 Å². The zero-order valence-corrected chi connectivity index (χ0v) is 19.8. The number of rotatable bonds is 8. The Kier molecular flexibility index (Phi) is 8.28. The van der Waals surface area contributed by atoms with Crippen molar-refractivity contribution in [3.63, 3.8) is 0 Å². The van der Waals surface area contributed by atoms with Crippen molar-refractivity contribution in [1.29, 1.82) is 0 Å². The molecule has 2 aliphatic rings. The molecule has 2 saturated heterocycles. The molecule has 0 saturated carbocycles. The number of sulfonamides is 1. The number of primary sulfonamides is 1. The van der Waals surface area contributed by atoms with E-state index in [2.05, 4.69) is 5.32 Å². The quantitative estimate of drug-likeness (QED) is 0.407. The molecular formula is C19H28FN5O6S2. The lowest BCUT2D eigenvalue weighted by atomic mass is 10.2. The van der Waals surface area contributed by atoms with E-state index in [9.17, 15) is 22.7 Å². The molecule has 1 amide bonds. The Labute approximate surface area is 197 Å². The topological polar surface area (TPSA) is 138 Å². The number of anilines is 2. The number of carbonyl (C=O) groups is 1. The molecule has 2 fully saturated rings. The number of nitrogens with one attached hydrogen (secondary N) is 1. The van der Waals surface area contributed by atoms with Gasteiger partial charge in [-0.3, -0.25) is 9.80 Å². The highest BCUT2D eigenvalue weighted by Gasteiger charge is 2.33. The van der Waals surface area contributed by atoms with Crippen molar-refractivity contribution in [3.05, 3.63) is 24.0 Å². The van der Waals surface area contributed by atoms with E-state index in [1.54, 1.807) is 28.9 Å². The minimum Gasteiger partial charge on any atom is -0.471 e. The highest BCUT2D eigenvalue weighted by atomic mass is 32.2. The number of hydrogen-bond donors (Lipinski definition) is 3. The van der Waals surface area contributed by atoms with Gasteiger partial charge in [-0.2, -0.15) is 0 Å². The fraction of sp³-hybridized carbons (Fsp3) is 0.579. The molecular weight excluding hydrogens is 477 g/mol. The first kappa shape index (κ1) is 25.4. The number of cyclic esters (lactones) is 1. The molecule has 33 heavy (non-hydrogen) atoms. The lowest BCUT2D eigenvalue weighted by Gasteiger charge is -2.38. The number of aliphatic hydroxyl groups excluding tert-OH is 1. The van der Waals surface area contributed by atoms with Crippen LogP contribution in [-0.4, -0.2) is 93.7 Å². The molecule has 2 unspecified atom stereocenters. The summed E-state index contributed by atoms with van der Waals surface area (Å²) in [5.74, 6) is -1.06. The van der Waals surface area contributed by atoms with E-state index in [-0.39, 0.29) is 18.3 Å². The van der Waals surface area contributed by atoms with Crippen molar-refractivity contribution in [2.45, 2.75) is 19.3 Å². The van der Waals surface area contributed by atoms with E-state index >= 15 is 0 Å². The van der Waals surface area contributed by atoms with Crippen LogP contribution in [0.15, 0.2) is 18.2 Å². The fourth-order valence-corrected chi connectivity index (χ4v) is 4.54. The van der Waals surface area contributed by atoms with Gasteiger partial charge in [0.05, 0.1) is 31.1 Å². The summed E-state index contributed by atoms with van der Waals surface area (Å²) in [5, 5.41) is 18.1. The normalized spacial score (nSPS) is 20.5. The Morgan fingerprint density at radius 1 is 1.39 bits per heavy atom. The van der Waals surface area contributed by atoms with Gasteiger partial charge in [0.2, 0.25) is 10.0 Å². The highest BCUT2D eigenvalue weighted by molar-refractivity contribution is 7.89. The van der Waals surface area contributed by atoms with Crippen molar-refractivity contribution in [3.8, 4) is 0 Å². The van der Waals surface area contributed by atoms with Gasteiger partial charge in [-0.25, -0.2) is 22.7 Å². The molecule has 2 aliphatic heterocycles. The van der Waals surface area contributed by atoms with Crippen molar-refractivity contribution in [2.75, 3.05) is 61.4 Å². The van der Waals surface area contributed by atoms with Crippen molar-refractivity contribution in [1.82, 2.24) is 10.2 Å². The summed E-state index contributed by atoms with van der Waals surface area (Å²) in [6.45, 7) is 4.21. The molecule has 2 heterocycles. The van der Waals surface area contributed by atoms with Gasteiger partial charge in [-0.05, 0) is 37.3 Å². The molecule has 184 valence electrons. The summed E-state index contributed by atoms with van der Waals surface area (Å²) in [4.78, 5) is 17.0. The second-order valence-electron chi connectivity index (χ2n) is 7.69. The highest BCUT2D eigenvalue weighted by Crippen LogP contribution is 2.28. The van der Waals surface area contributed by atoms with Crippen molar-refractivity contribution < 1.29 is 32.2 Å². The number of nitrogens with two attached hydrogens (primary N) is 1. The van der Waals surface area contributed by atoms with E-state index in [0.29, 0.717) is 44.2 Å². The number of piperazine rings is 1. The van der Waals surface area contributed by atoms with Crippen LogP contribution in [-0.2, 0) is 19.5 Å². The van der Waals surface area contributed by atoms with Crippen LogP contribution in [0.25, 0.3) is 0 Å². The summed E-state index contributed by atoms with van der Waals surface area (Å²) < 4.78 is 47.7.